The Morgan fingerprint density at radius 1 is 1.08 bits per heavy atom. The van der Waals surface area contributed by atoms with Crippen LogP contribution in [0.1, 0.15) is 17.2 Å². The molecule has 38 heavy (non-hydrogen) atoms. The van der Waals surface area contributed by atoms with Gasteiger partial charge in [0, 0.05) is 22.2 Å². The molecular weight excluding hydrogens is 538 g/mol. The van der Waals surface area contributed by atoms with Gasteiger partial charge in [-0.05, 0) is 47.0 Å². The van der Waals surface area contributed by atoms with Crippen molar-refractivity contribution in [1.29, 1.82) is 0 Å². The SMILES string of the molecule is O=C(NN(Cc1ccc(-c2cc(Cl)ccc2F)cc1)C[C@@H](O)C(=O)O)C1=NC(c2cccc(Cl)c2)C(=O)N1. The van der Waals surface area contributed by atoms with Crippen molar-refractivity contribution in [3.8, 4) is 11.1 Å². The lowest BCUT2D eigenvalue weighted by atomic mass is 10.0. The van der Waals surface area contributed by atoms with Crippen LogP contribution in [0.15, 0.2) is 71.7 Å². The summed E-state index contributed by atoms with van der Waals surface area (Å²) < 4.78 is 14.2. The number of hydrogen-bond acceptors (Lipinski definition) is 6. The largest absolute Gasteiger partial charge is 0.479 e. The highest BCUT2D eigenvalue weighted by molar-refractivity contribution is 6.42. The lowest BCUT2D eigenvalue weighted by molar-refractivity contribution is -0.148. The first-order valence-corrected chi connectivity index (χ1v) is 12.0. The fourth-order valence-electron chi connectivity index (χ4n) is 3.78. The zero-order valence-electron chi connectivity index (χ0n) is 19.6. The maximum atomic E-state index is 14.2. The van der Waals surface area contributed by atoms with Gasteiger partial charge in [-0.15, -0.1) is 0 Å². The van der Waals surface area contributed by atoms with E-state index in [4.69, 9.17) is 28.3 Å². The van der Waals surface area contributed by atoms with E-state index in [1.54, 1.807) is 48.5 Å². The minimum atomic E-state index is -1.81. The highest BCUT2D eigenvalue weighted by Gasteiger charge is 2.32. The molecule has 1 heterocycles. The number of halogens is 3. The van der Waals surface area contributed by atoms with E-state index in [1.807, 2.05) is 0 Å². The quantitative estimate of drug-likeness (QED) is 0.298. The maximum absolute atomic E-state index is 14.2. The number of nitrogens with zero attached hydrogens (tertiary/aromatic N) is 2. The molecule has 0 fully saturated rings. The molecule has 3 aromatic carbocycles. The van der Waals surface area contributed by atoms with Crippen LogP contribution in [-0.4, -0.2) is 51.5 Å². The number of aliphatic hydroxyl groups is 1. The number of nitrogens with one attached hydrogen (secondary N) is 2. The number of aliphatic hydroxyl groups excluding tert-OH is 1. The van der Waals surface area contributed by atoms with Crippen molar-refractivity contribution in [2.24, 2.45) is 4.99 Å². The number of aliphatic imine (C=N–C) groups is 1. The smallest absolute Gasteiger partial charge is 0.333 e. The maximum Gasteiger partial charge on any atom is 0.333 e. The van der Waals surface area contributed by atoms with Crippen molar-refractivity contribution in [3.63, 3.8) is 0 Å². The minimum absolute atomic E-state index is 0.0205. The fraction of sp³-hybridized carbons (Fsp3) is 0.154. The van der Waals surface area contributed by atoms with Crippen LogP contribution in [0.3, 0.4) is 0 Å². The van der Waals surface area contributed by atoms with Crippen LogP contribution in [0, 0.1) is 5.82 Å². The Kier molecular flexibility index (Phi) is 8.38. The Hall–Kier alpha value is -3.83. The van der Waals surface area contributed by atoms with E-state index in [2.05, 4.69) is 15.7 Å². The molecule has 0 bridgehead atoms. The molecule has 0 saturated heterocycles. The summed E-state index contributed by atoms with van der Waals surface area (Å²) in [6.45, 7) is -0.488. The summed E-state index contributed by atoms with van der Waals surface area (Å²) in [5.74, 6) is -3.54. The molecule has 9 nitrogen and oxygen atoms in total. The van der Waals surface area contributed by atoms with Crippen LogP contribution in [0.5, 0.6) is 0 Å². The van der Waals surface area contributed by atoms with Gasteiger partial charge in [-0.3, -0.25) is 15.0 Å². The number of carbonyl (C=O) groups is 3. The summed E-state index contributed by atoms with van der Waals surface area (Å²) >= 11 is 12.0. The van der Waals surface area contributed by atoms with Gasteiger partial charge >= 0.3 is 11.9 Å². The van der Waals surface area contributed by atoms with Crippen LogP contribution >= 0.6 is 23.2 Å². The topological polar surface area (TPSA) is 131 Å². The Morgan fingerprint density at radius 3 is 2.47 bits per heavy atom. The van der Waals surface area contributed by atoms with Crippen molar-refractivity contribution in [1.82, 2.24) is 15.8 Å². The van der Waals surface area contributed by atoms with Crippen LogP contribution in [0.2, 0.25) is 10.0 Å². The van der Waals surface area contributed by atoms with Gasteiger partial charge in [0.2, 0.25) is 0 Å². The van der Waals surface area contributed by atoms with E-state index in [0.29, 0.717) is 32.3 Å². The molecule has 0 radical (unpaired) electrons. The molecule has 0 spiro atoms. The third-order valence-electron chi connectivity index (χ3n) is 5.63. The first-order chi connectivity index (χ1) is 18.1. The van der Waals surface area contributed by atoms with Crippen LogP contribution in [0.25, 0.3) is 11.1 Å². The second kappa shape index (κ2) is 11.7. The summed E-state index contributed by atoms with van der Waals surface area (Å²) in [6, 6.07) is 16.3. The molecule has 1 unspecified atom stereocenters. The fourth-order valence-corrected chi connectivity index (χ4v) is 4.16. The summed E-state index contributed by atoms with van der Waals surface area (Å²) in [7, 11) is 0. The second-order valence-electron chi connectivity index (χ2n) is 8.42. The molecule has 0 aliphatic carbocycles. The zero-order valence-corrected chi connectivity index (χ0v) is 21.1. The summed E-state index contributed by atoms with van der Waals surface area (Å²) in [5.41, 5.74) is 4.45. The average molecular weight is 559 g/mol. The van der Waals surface area contributed by atoms with Gasteiger partial charge in [0.05, 0.1) is 6.54 Å². The molecule has 0 aromatic heterocycles. The zero-order chi connectivity index (χ0) is 27.4. The minimum Gasteiger partial charge on any atom is -0.479 e. The van der Waals surface area contributed by atoms with E-state index < -0.39 is 42.3 Å². The Bertz CT molecular complexity index is 1420. The number of amides is 2. The number of benzene rings is 3. The molecule has 4 rings (SSSR count). The number of rotatable bonds is 9. The van der Waals surface area contributed by atoms with Crippen molar-refractivity contribution in [3.05, 3.63) is 93.7 Å². The number of aliphatic carboxylic acids is 1. The van der Waals surface area contributed by atoms with E-state index in [0.717, 1.165) is 0 Å². The third-order valence-corrected chi connectivity index (χ3v) is 6.10. The predicted octanol–water partition coefficient (Wildman–Crippen LogP) is 3.35. The number of hydrogen-bond donors (Lipinski definition) is 4. The van der Waals surface area contributed by atoms with Crippen molar-refractivity contribution in [2.45, 2.75) is 18.7 Å². The molecule has 3 aromatic rings. The van der Waals surface area contributed by atoms with Crippen molar-refractivity contribution < 1.29 is 29.0 Å². The lowest BCUT2D eigenvalue weighted by Crippen LogP contribution is -2.51. The average Bonchev–Trinajstić information content (AvgIpc) is 3.27. The third kappa shape index (κ3) is 6.53. The normalized spacial score (nSPS) is 15.7. The Labute approximate surface area is 226 Å². The molecule has 4 N–H and O–H groups in total. The molecule has 12 heteroatoms. The predicted molar refractivity (Wildman–Crippen MR) is 139 cm³/mol. The standard InChI is InChI=1S/C26H21Cl2FN4O5/c27-17-3-1-2-16(10-17)22-24(35)31-23(30-22)25(36)32-33(13-21(34)26(37)38)12-14-4-6-15(7-5-14)19-11-18(28)8-9-20(19)29/h1-11,21-22,34H,12-13H2,(H,32,36)(H,37,38)(H,30,31,35)/t21-,22?/m1/s1. The van der Waals surface area contributed by atoms with Gasteiger partial charge in [-0.1, -0.05) is 59.6 Å². The van der Waals surface area contributed by atoms with Crippen molar-refractivity contribution >= 4 is 46.8 Å². The monoisotopic (exact) mass is 558 g/mol. The van der Waals surface area contributed by atoms with Crippen LogP contribution in [-0.2, 0) is 20.9 Å². The summed E-state index contributed by atoms with van der Waals surface area (Å²) in [4.78, 5) is 40.7. The molecular formula is C26H21Cl2FN4O5. The molecule has 0 saturated carbocycles. The first-order valence-electron chi connectivity index (χ1n) is 11.3. The number of carboxylic acid groups (broad SMARTS) is 1. The lowest BCUT2D eigenvalue weighted by Gasteiger charge is -2.24. The number of carboxylic acids is 1. The van der Waals surface area contributed by atoms with Crippen LogP contribution in [0.4, 0.5) is 4.39 Å². The Morgan fingerprint density at radius 2 is 1.79 bits per heavy atom. The van der Waals surface area contributed by atoms with Gasteiger partial charge in [0.1, 0.15) is 5.82 Å². The Balaban J connectivity index is 1.51. The van der Waals surface area contributed by atoms with Gasteiger partial charge in [-0.25, -0.2) is 19.2 Å². The first kappa shape index (κ1) is 27.2. The van der Waals surface area contributed by atoms with Gasteiger partial charge in [0.15, 0.2) is 18.0 Å². The summed E-state index contributed by atoms with van der Waals surface area (Å²) in [6.07, 6.45) is -1.81. The van der Waals surface area contributed by atoms with E-state index >= 15 is 0 Å². The number of hydrazine groups is 1. The molecule has 196 valence electrons. The molecule has 2 amide bonds. The van der Waals surface area contributed by atoms with Gasteiger partial charge in [0.25, 0.3) is 5.91 Å². The molecule has 2 atom stereocenters. The van der Waals surface area contributed by atoms with E-state index in [1.165, 1.54) is 23.2 Å². The van der Waals surface area contributed by atoms with Crippen LogP contribution < -0.4 is 10.7 Å². The van der Waals surface area contributed by atoms with Gasteiger partial charge < -0.3 is 15.5 Å². The number of carbonyl (C=O) groups excluding carboxylic acids is 2. The van der Waals surface area contributed by atoms with Crippen molar-refractivity contribution in [2.75, 3.05) is 6.54 Å². The van der Waals surface area contributed by atoms with E-state index in [9.17, 15) is 23.9 Å². The molecule has 1 aliphatic heterocycles. The highest BCUT2D eigenvalue weighted by atomic mass is 35.5. The molecule has 1 aliphatic rings. The number of amidine groups is 1. The van der Waals surface area contributed by atoms with Gasteiger partial charge in [-0.2, -0.15) is 0 Å². The summed E-state index contributed by atoms with van der Waals surface area (Å²) in [5, 5.41) is 23.4. The second-order valence-corrected chi connectivity index (χ2v) is 9.29. The van der Waals surface area contributed by atoms with E-state index in [-0.39, 0.29) is 12.4 Å². The highest BCUT2D eigenvalue weighted by Crippen LogP contribution is 2.27.